The number of piperazine rings is 1. The van der Waals surface area contributed by atoms with Crippen LogP contribution < -0.4 is 4.74 Å². The maximum absolute atomic E-state index is 12.7. The average Bonchev–Trinajstić information content (AvgIpc) is 2.55. The summed E-state index contributed by atoms with van der Waals surface area (Å²) in [5.41, 5.74) is 2.31. The molecule has 0 bridgehead atoms. The van der Waals surface area contributed by atoms with Gasteiger partial charge in [0.15, 0.2) is 6.10 Å². The molecule has 1 unspecified atom stereocenters. The highest BCUT2D eigenvalue weighted by Gasteiger charge is 2.27. The summed E-state index contributed by atoms with van der Waals surface area (Å²) < 4.78 is 6.04. The minimum absolute atomic E-state index is 0.124. The van der Waals surface area contributed by atoms with E-state index in [1.807, 2.05) is 30.9 Å². The minimum Gasteiger partial charge on any atom is -0.480 e. The number of rotatable bonds is 5. The van der Waals surface area contributed by atoms with Crippen LogP contribution in [0.2, 0.25) is 0 Å². The van der Waals surface area contributed by atoms with Crippen LogP contribution in [0.4, 0.5) is 0 Å². The van der Waals surface area contributed by atoms with Gasteiger partial charge in [-0.15, -0.1) is 0 Å². The Morgan fingerprint density at radius 2 is 1.86 bits per heavy atom. The Hall–Kier alpha value is -1.55. The first-order valence-electron chi connectivity index (χ1n) is 8.30. The Morgan fingerprint density at radius 3 is 2.45 bits per heavy atom. The number of nitrogens with zero attached hydrogens (tertiary/aromatic N) is 2. The monoisotopic (exact) mass is 304 g/mol. The first-order valence-corrected chi connectivity index (χ1v) is 8.30. The van der Waals surface area contributed by atoms with E-state index in [9.17, 15) is 4.79 Å². The van der Waals surface area contributed by atoms with Crippen molar-refractivity contribution in [2.75, 3.05) is 32.7 Å². The molecular weight excluding hydrogens is 276 g/mol. The van der Waals surface area contributed by atoms with Gasteiger partial charge in [-0.25, -0.2) is 0 Å². The Balaban J connectivity index is 2.02. The standard InChI is InChI=1S/C18H28N2O2/c1-5-16(22-17-9-7-8-14(3)15(17)4)18(21)20-12-10-19(6-2)11-13-20/h7-9,16H,5-6,10-13H2,1-4H3. The fourth-order valence-corrected chi connectivity index (χ4v) is 2.80. The normalized spacial score (nSPS) is 17.4. The molecule has 0 N–H and O–H groups in total. The summed E-state index contributed by atoms with van der Waals surface area (Å²) in [6.07, 6.45) is 0.314. The molecular formula is C18H28N2O2. The maximum Gasteiger partial charge on any atom is 0.263 e. The summed E-state index contributed by atoms with van der Waals surface area (Å²) in [4.78, 5) is 17.0. The molecule has 1 fully saturated rings. The number of carbonyl (C=O) groups is 1. The van der Waals surface area contributed by atoms with Gasteiger partial charge in [0.2, 0.25) is 0 Å². The van der Waals surface area contributed by atoms with Crippen LogP contribution in [-0.2, 0) is 4.79 Å². The number of aryl methyl sites for hydroxylation is 1. The summed E-state index contributed by atoms with van der Waals surface area (Å²) in [6, 6.07) is 6.00. The van der Waals surface area contributed by atoms with Crippen molar-refractivity contribution in [2.45, 2.75) is 40.2 Å². The van der Waals surface area contributed by atoms with E-state index in [-0.39, 0.29) is 12.0 Å². The number of ether oxygens (including phenoxy) is 1. The molecule has 1 aliphatic heterocycles. The van der Waals surface area contributed by atoms with Crippen molar-refractivity contribution in [3.8, 4) is 5.75 Å². The Bertz CT molecular complexity index is 508. The highest BCUT2D eigenvalue weighted by atomic mass is 16.5. The van der Waals surface area contributed by atoms with Gasteiger partial charge in [0.25, 0.3) is 5.91 Å². The molecule has 2 rings (SSSR count). The lowest BCUT2D eigenvalue weighted by molar-refractivity contribution is -0.140. The van der Waals surface area contributed by atoms with Crippen LogP contribution in [0, 0.1) is 13.8 Å². The van der Waals surface area contributed by atoms with E-state index in [0.29, 0.717) is 6.42 Å². The molecule has 0 saturated carbocycles. The van der Waals surface area contributed by atoms with E-state index in [2.05, 4.69) is 24.8 Å². The largest absolute Gasteiger partial charge is 0.480 e. The summed E-state index contributed by atoms with van der Waals surface area (Å²) in [7, 11) is 0. The first-order chi connectivity index (χ1) is 10.6. The molecule has 22 heavy (non-hydrogen) atoms. The molecule has 1 aromatic carbocycles. The number of likely N-dealkylation sites (N-methyl/N-ethyl adjacent to an activating group) is 1. The fourth-order valence-electron chi connectivity index (χ4n) is 2.80. The van der Waals surface area contributed by atoms with Gasteiger partial charge in [0, 0.05) is 26.2 Å². The Morgan fingerprint density at radius 1 is 1.18 bits per heavy atom. The third-order valence-electron chi connectivity index (χ3n) is 4.60. The third-order valence-corrected chi connectivity index (χ3v) is 4.60. The molecule has 0 spiro atoms. The van der Waals surface area contributed by atoms with Crippen molar-refractivity contribution in [1.29, 1.82) is 0 Å². The molecule has 4 heteroatoms. The topological polar surface area (TPSA) is 32.8 Å². The number of hydrogen-bond acceptors (Lipinski definition) is 3. The highest BCUT2D eigenvalue weighted by molar-refractivity contribution is 5.81. The zero-order chi connectivity index (χ0) is 16.1. The quantitative estimate of drug-likeness (QED) is 0.838. The SMILES string of the molecule is CCC(Oc1cccc(C)c1C)C(=O)N1CCN(CC)CC1. The number of carbonyl (C=O) groups excluding carboxylic acids is 1. The van der Waals surface area contributed by atoms with Crippen LogP contribution in [0.3, 0.4) is 0 Å². The number of amides is 1. The second-order valence-corrected chi connectivity index (χ2v) is 5.97. The summed E-state index contributed by atoms with van der Waals surface area (Å²) in [5, 5.41) is 0. The smallest absolute Gasteiger partial charge is 0.263 e. The van der Waals surface area contributed by atoms with Gasteiger partial charge in [-0.1, -0.05) is 26.0 Å². The molecule has 1 atom stereocenters. The fraction of sp³-hybridized carbons (Fsp3) is 0.611. The van der Waals surface area contributed by atoms with Crippen molar-refractivity contribution < 1.29 is 9.53 Å². The molecule has 4 nitrogen and oxygen atoms in total. The Kier molecular flexibility index (Phi) is 5.83. The minimum atomic E-state index is -0.381. The molecule has 1 amide bonds. The van der Waals surface area contributed by atoms with Gasteiger partial charge in [-0.2, -0.15) is 0 Å². The average molecular weight is 304 g/mol. The summed E-state index contributed by atoms with van der Waals surface area (Å²) in [6.45, 7) is 12.9. The second-order valence-electron chi connectivity index (χ2n) is 5.97. The third kappa shape index (κ3) is 3.80. The lowest BCUT2D eigenvalue weighted by Gasteiger charge is -2.35. The van der Waals surface area contributed by atoms with Crippen molar-refractivity contribution in [3.05, 3.63) is 29.3 Å². The lowest BCUT2D eigenvalue weighted by atomic mass is 10.1. The number of benzene rings is 1. The van der Waals surface area contributed by atoms with Crippen LogP contribution in [0.25, 0.3) is 0 Å². The van der Waals surface area contributed by atoms with Crippen LogP contribution in [0.1, 0.15) is 31.4 Å². The van der Waals surface area contributed by atoms with Gasteiger partial charge in [-0.3, -0.25) is 4.79 Å². The zero-order valence-corrected chi connectivity index (χ0v) is 14.3. The van der Waals surface area contributed by atoms with Crippen LogP contribution in [0.5, 0.6) is 5.75 Å². The molecule has 0 aromatic heterocycles. The van der Waals surface area contributed by atoms with Gasteiger partial charge >= 0.3 is 0 Å². The van der Waals surface area contributed by atoms with Gasteiger partial charge in [-0.05, 0) is 44.0 Å². The first kappa shape index (κ1) is 16.8. The summed E-state index contributed by atoms with van der Waals surface area (Å²) >= 11 is 0. The molecule has 1 heterocycles. The Labute approximate surface area is 134 Å². The zero-order valence-electron chi connectivity index (χ0n) is 14.3. The van der Waals surface area contributed by atoms with E-state index >= 15 is 0 Å². The van der Waals surface area contributed by atoms with Crippen molar-refractivity contribution >= 4 is 5.91 Å². The lowest BCUT2D eigenvalue weighted by Crippen LogP contribution is -2.52. The molecule has 122 valence electrons. The van der Waals surface area contributed by atoms with Gasteiger partial charge < -0.3 is 14.5 Å². The van der Waals surface area contributed by atoms with Crippen molar-refractivity contribution in [2.24, 2.45) is 0 Å². The highest BCUT2D eigenvalue weighted by Crippen LogP contribution is 2.23. The predicted octanol–water partition coefficient (Wildman–Crippen LogP) is 2.62. The van der Waals surface area contributed by atoms with Gasteiger partial charge in [0.1, 0.15) is 5.75 Å². The van der Waals surface area contributed by atoms with Crippen LogP contribution in [0.15, 0.2) is 18.2 Å². The van der Waals surface area contributed by atoms with Gasteiger partial charge in [0.05, 0.1) is 0 Å². The summed E-state index contributed by atoms with van der Waals surface area (Å²) in [5.74, 6) is 0.951. The molecule has 1 aliphatic rings. The van der Waals surface area contributed by atoms with E-state index in [4.69, 9.17) is 4.74 Å². The van der Waals surface area contributed by atoms with Crippen molar-refractivity contribution in [3.63, 3.8) is 0 Å². The van der Waals surface area contributed by atoms with E-state index < -0.39 is 0 Å². The molecule has 1 aromatic rings. The van der Waals surface area contributed by atoms with Crippen molar-refractivity contribution in [1.82, 2.24) is 9.80 Å². The van der Waals surface area contributed by atoms with Crippen LogP contribution >= 0.6 is 0 Å². The number of hydrogen-bond donors (Lipinski definition) is 0. The van der Waals surface area contributed by atoms with E-state index in [0.717, 1.165) is 44.0 Å². The van der Waals surface area contributed by atoms with E-state index in [1.165, 1.54) is 5.56 Å². The molecule has 1 saturated heterocycles. The predicted molar refractivity (Wildman–Crippen MR) is 89.3 cm³/mol. The maximum atomic E-state index is 12.7. The second kappa shape index (κ2) is 7.63. The molecule has 0 aliphatic carbocycles. The molecule has 0 radical (unpaired) electrons. The van der Waals surface area contributed by atoms with E-state index in [1.54, 1.807) is 0 Å². The van der Waals surface area contributed by atoms with Crippen LogP contribution in [-0.4, -0.2) is 54.5 Å².